The first-order chi connectivity index (χ1) is 5.47. The molecule has 0 aliphatic carbocycles. The average molecular weight is 170 g/mol. The third-order valence-electron chi connectivity index (χ3n) is 1.09. The van der Waals surface area contributed by atoms with E-state index in [0.29, 0.717) is 0 Å². The SMILES string of the molecule is C=CC#N.CC(C)[C@H](N)C(=O)O. The van der Waals surface area contributed by atoms with Gasteiger partial charge in [0.1, 0.15) is 6.04 Å². The monoisotopic (exact) mass is 170 g/mol. The number of nitrogens with two attached hydrogens (primary N) is 1. The van der Waals surface area contributed by atoms with Crippen LogP contribution >= 0.6 is 0 Å². The van der Waals surface area contributed by atoms with Gasteiger partial charge in [0.2, 0.25) is 0 Å². The minimum atomic E-state index is -0.931. The normalized spacial score (nSPS) is 10.6. The van der Waals surface area contributed by atoms with E-state index < -0.39 is 12.0 Å². The minimum absolute atomic E-state index is 0.0208. The topological polar surface area (TPSA) is 87.1 Å². The van der Waals surface area contributed by atoms with Crippen LogP contribution in [-0.4, -0.2) is 17.1 Å². The molecule has 1 atom stereocenters. The summed E-state index contributed by atoms with van der Waals surface area (Å²) in [5, 5.41) is 15.7. The van der Waals surface area contributed by atoms with Crippen LogP contribution in [0.4, 0.5) is 0 Å². The molecule has 0 saturated carbocycles. The van der Waals surface area contributed by atoms with Crippen molar-refractivity contribution in [1.29, 1.82) is 5.26 Å². The maximum atomic E-state index is 10.0. The molecule has 0 aliphatic rings. The summed E-state index contributed by atoms with van der Waals surface area (Å²) in [5.74, 6) is -0.910. The molecule has 12 heavy (non-hydrogen) atoms. The molecule has 4 heteroatoms. The van der Waals surface area contributed by atoms with Gasteiger partial charge in [-0.25, -0.2) is 0 Å². The van der Waals surface area contributed by atoms with Gasteiger partial charge in [0, 0.05) is 6.08 Å². The molecule has 0 amide bonds. The molecule has 0 saturated heterocycles. The first-order valence-electron chi connectivity index (χ1n) is 3.46. The van der Waals surface area contributed by atoms with Crippen molar-refractivity contribution < 1.29 is 9.90 Å². The van der Waals surface area contributed by atoms with Crippen LogP contribution in [0.1, 0.15) is 13.8 Å². The van der Waals surface area contributed by atoms with E-state index in [4.69, 9.17) is 16.1 Å². The van der Waals surface area contributed by atoms with Crippen molar-refractivity contribution in [2.75, 3.05) is 0 Å². The zero-order chi connectivity index (χ0) is 10.1. The zero-order valence-electron chi connectivity index (χ0n) is 7.32. The van der Waals surface area contributed by atoms with E-state index in [2.05, 4.69) is 6.58 Å². The Hall–Kier alpha value is -1.34. The molecule has 0 aromatic rings. The van der Waals surface area contributed by atoms with Crippen molar-refractivity contribution >= 4 is 5.97 Å². The first-order valence-corrected chi connectivity index (χ1v) is 3.46. The molecule has 0 bridgehead atoms. The molecule has 0 aromatic heterocycles. The van der Waals surface area contributed by atoms with Crippen LogP contribution < -0.4 is 5.73 Å². The molecule has 0 unspecified atom stereocenters. The summed E-state index contributed by atoms with van der Waals surface area (Å²) in [6.45, 7) is 6.67. The molecule has 0 aromatic carbocycles. The van der Waals surface area contributed by atoms with E-state index in [-0.39, 0.29) is 5.92 Å². The zero-order valence-corrected chi connectivity index (χ0v) is 7.32. The summed E-state index contributed by atoms with van der Waals surface area (Å²) in [6, 6.07) is 0.981. The number of hydrogen-bond acceptors (Lipinski definition) is 3. The summed E-state index contributed by atoms with van der Waals surface area (Å²) >= 11 is 0. The van der Waals surface area contributed by atoms with Crippen molar-refractivity contribution in [3.05, 3.63) is 12.7 Å². The standard InChI is InChI=1S/C5H11NO2.C3H3N/c1-3(2)4(6)5(7)8;1-2-3-4/h3-4H,6H2,1-2H3,(H,7,8);2H,1H2/t4-;/m0./s1. The fourth-order valence-corrected chi connectivity index (χ4v) is 0.285. The summed E-state index contributed by atoms with van der Waals surface area (Å²) in [7, 11) is 0. The average Bonchev–Trinajstić information content (AvgIpc) is 2.03. The van der Waals surface area contributed by atoms with Gasteiger partial charge >= 0.3 is 5.97 Å². The van der Waals surface area contributed by atoms with Gasteiger partial charge in [0.05, 0.1) is 6.07 Å². The van der Waals surface area contributed by atoms with Crippen molar-refractivity contribution in [3.8, 4) is 6.07 Å². The van der Waals surface area contributed by atoms with Crippen molar-refractivity contribution in [2.45, 2.75) is 19.9 Å². The summed E-state index contributed by atoms with van der Waals surface area (Å²) in [5.41, 5.74) is 5.16. The van der Waals surface area contributed by atoms with Crippen LogP contribution in [-0.2, 0) is 4.79 Å². The second-order valence-electron chi connectivity index (χ2n) is 2.44. The van der Waals surface area contributed by atoms with E-state index in [9.17, 15) is 4.79 Å². The molecule has 0 heterocycles. The lowest BCUT2D eigenvalue weighted by Gasteiger charge is -2.07. The van der Waals surface area contributed by atoms with Crippen LogP contribution in [0.5, 0.6) is 0 Å². The van der Waals surface area contributed by atoms with Crippen molar-refractivity contribution in [1.82, 2.24) is 0 Å². The Morgan fingerprint density at radius 2 is 2.08 bits per heavy atom. The number of allylic oxidation sites excluding steroid dienone is 1. The third-order valence-corrected chi connectivity index (χ3v) is 1.09. The second kappa shape index (κ2) is 7.76. The quantitative estimate of drug-likeness (QED) is 0.598. The van der Waals surface area contributed by atoms with Gasteiger partial charge in [-0.2, -0.15) is 5.26 Å². The van der Waals surface area contributed by atoms with Gasteiger partial charge in [0.15, 0.2) is 0 Å². The lowest BCUT2D eigenvalue weighted by molar-refractivity contribution is -0.139. The van der Waals surface area contributed by atoms with E-state index >= 15 is 0 Å². The highest BCUT2D eigenvalue weighted by molar-refractivity contribution is 5.73. The molecule has 0 spiro atoms. The van der Waals surface area contributed by atoms with Crippen LogP contribution in [0.15, 0.2) is 12.7 Å². The Kier molecular flexibility index (Phi) is 8.58. The fraction of sp³-hybridized carbons (Fsp3) is 0.500. The highest BCUT2D eigenvalue weighted by Gasteiger charge is 2.14. The smallest absolute Gasteiger partial charge is 0.320 e. The summed E-state index contributed by atoms with van der Waals surface area (Å²) < 4.78 is 0. The van der Waals surface area contributed by atoms with Crippen LogP contribution in [0.25, 0.3) is 0 Å². The van der Waals surface area contributed by atoms with Crippen LogP contribution in [0, 0.1) is 17.2 Å². The van der Waals surface area contributed by atoms with Gasteiger partial charge in [-0.1, -0.05) is 20.4 Å². The number of carboxylic acids is 1. The number of nitriles is 1. The first kappa shape index (κ1) is 13.3. The molecule has 68 valence electrons. The predicted octanol–water partition coefficient (Wildman–Crippen LogP) is 0.750. The lowest BCUT2D eigenvalue weighted by atomic mass is 10.1. The largest absolute Gasteiger partial charge is 0.480 e. The molecule has 0 aliphatic heterocycles. The van der Waals surface area contributed by atoms with E-state index in [1.807, 2.05) is 0 Å². The molecule has 0 fully saturated rings. The Morgan fingerprint density at radius 1 is 1.75 bits per heavy atom. The Morgan fingerprint density at radius 3 is 2.08 bits per heavy atom. The minimum Gasteiger partial charge on any atom is -0.480 e. The van der Waals surface area contributed by atoms with E-state index in [1.165, 1.54) is 6.08 Å². The van der Waals surface area contributed by atoms with Gasteiger partial charge in [-0.15, -0.1) is 0 Å². The van der Waals surface area contributed by atoms with Crippen LogP contribution in [0.3, 0.4) is 0 Å². The Balaban J connectivity index is 0. The van der Waals surface area contributed by atoms with Gasteiger partial charge in [-0.3, -0.25) is 4.79 Å². The second-order valence-corrected chi connectivity index (χ2v) is 2.44. The maximum Gasteiger partial charge on any atom is 0.320 e. The number of carbonyl (C=O) groups is 1. The number of nitrogens with zero attached hydrogens (tertiary/aromatic N) is 1. The van der Waals surface area contributed by atoms with Crippen molar-refractivity contribution in [3.63, 3.8) is 0 Å². The number of carboxylic acid groups (broad SMARTS) is 1. The molecule has 3 N–H and O–H groups in total. The lowest BCUT2D eigenvalue weighted by Crippen LogP contribution is -2.34. The summed E-state index contributed by atoms with van der Waals surface area (Å²) in [6.07, 6.45) is 1.18. The highest BCUT2D eigenvalue weighted by Crippen LogP contribution is 1.96. The highest BCUT2D eigenvalue weighted by atomic mass is 16.4. The molecule has 0 rings (SSSR count). The van der Waals surface area contributed by atoms with E-state index in [1.54, 1.807) is 19.9 Å². The molecule has 4 nitrogen and oxygen atoms in total. The predicted molar refractivity (Wildman–Crippen MR) is 46.3 cm³/mol. The van der Waals surface area contributed by atoms with Gasteiger partial charge in [-0.05, 0) is 5.92 Å². The van der Waals surface area contributed by atoms with Crippen LogP contribution in [0.2, 0.25) is 0 Å². The Bertz CT molecular complexity index is 182. The van der Waals surface area contributed by atoms with Crippen molar-refractivity contribution in [2.24, 2.45) is 11.7 Å². The number of aliphatic carboxylic acids is 1. The van der Waals surface area contributed by atoms with E-state index in [0.717, 1.165) is 0 Å². The van der Waals surface area contributed by atoms with Gasteiger partial charge < -0.3 is 10.8 Å². The fourth-order valence-electron chi connectivity index (χ4n) is 0.285. The van der Waals surface area contributed by atoms with Gasteiger partial charge in [0.25, 0.3) is 0 Å². The number of rotatable bonds is 2. The number of hydrogen-bond donors (Lipinski definition) is 2. The molecule has 0 radical (unpaired) electrons. The maximum absolute atomic E-state index is 10.0. The molecular weight excluding hydrogens is 156 g/mol. The summed E-state index contributed by atoms with van der Waals surface area (Å²) in [4.78, 5) is 10.0. The third kappa shape index (κ3) is 8.66. The molecular formula is C8H14N2O2. The Labute approximate surface area is 72.3 Å².